The Morgan fingerprint density at radius 2 is 1.95 bits per heavy atom. The van der Waals surface area contributed by atoms with Gasteiger partial charge in [0.15, 0.2) is 0 Å². The van der Waals surface area contributed by atoms with Gasteiger partial charge in [0.25, 0.3) is 0 Å². The standard InChI is InChI=1S/C13H18BrCl2NO2S/c1-13(2,3)12(6-7-15)17-20(18,19)9-4-5-11(16)10(14)8-9/h4-5,8,12,17H,6-7H2,1-3H3. The summed E-state index contributed by atoms with van der Waals surface area (Å²) in [4.78, 5) is 0.178. The fourth-order valence-corrected chi connectivity index (χ4v) is 4.05. The molecule has 1 aromatic rings. The van der Waals surface area contributed by atoms with Crippen molar-refractivity contribution in [3.8, 4) is 0 Å². The van der Waals surface area contributed by atoms with E-state index in [1.807, 2.05) is 20.8 Å². The number of rotatable bonds is 5. The lowest BCUT2D eigenvalue weighted by Crippen LogP contribution is -2.43. The van der Waals surface area contributed by atoms with Crippen LogP contribution in [0.25, 0.3) is 0 Å². The topological polar surface area (TPSA) is 46.2 Å². The molecule has 0 radical (unpaired) electrons. The number of halogens is 3. The van der Waals surface area contributed by atoms with E-state index in [4.69, 9.17) is 23.2 Å². The Bertz CT molecular complexity index is 570. The molecule has 0 saturated carbocycles. The van der Waals surface area contributed by atoms with E-state index in [0.717, 1.165) is 0 Å². The highest BCUT2D eigenvalue weighted by Crippen LogP contribution is 2.27. The van der Waals surface area contributed by atoms with Crippen LogP contribution in [0.3, 0.4) is 0 Å². The normalized spacial score (nSPS) is 14.3. The third-order valence-corrected chi connectivity index (χ3v) is 5.84. The maximum atomic E-state index is 12.4. The Hall–Kier alpha value is 0.190. The van der Waals surface area contributed by atoms with Crippen molar-refractivity contribution >= 4 is 49.2 Å². The summed E-state index contributed by atoms with van der Waals surface area (Å²) in [6, 6.07) is 4.29. The zero-order chi connectivity index (χ0) is 15.6. The Morgan fingerprint density at radius 1 is 1.35 bits per heavy atom. The number of hydrogen-bond donors (Lipinski definition) is 1. The van der Waals surface area contributed by atoms with Crippen LogP contribution in [0.2, 0.25) is 5.02 Å². The summed E-state index contributed by atoms with van der Waals surface area (Å²) in [5.74, 6) is 0.398. The van der Waals surface area contributed by atoms with Gasteiger partial charge in [-0.2, -0.15) is 0 Å². The molecular weight excluding hydrogens is 385 g/mol. The lowest BCUT2D eigenvalue weighted by Gasteiger charge is -2.30. The quantitative estimate of drug-likeness (QED) is 0.740. The molecule has 0 aliphatic carbocycles. The van der Waals surface area contributed by atoms with Crippen LogP contribution in [0.5, 0.6) is 0 Å². The molecule has 1 aromatic carbocycles. The van der Waals surface area contributed by atoms with Crippen molar-refractivity contribution in [1.82, 2.24) is 4.72 Å². The molecule has 0 amide bonds. The zero-order valence-electron chi connectivity index (χ0n) is 11.6. The number of alkyl halides is 1. The minimum atomic E-state index is -3.60. The van der Waals surface area contributed by atoms with E-state index in [-0.39, 0.29) is 16.4 Å². The number of nitrogens with one attached hydrogen (secondary N) is 1. The average molecular weight is 403 g/mol. The second kappa shape index (κ2) is 6.97. The first-order valence-corrected chi connectivity index (χ1v) is 9.30. The first-order chi connectivity index (χ1) is 9.08. The van der Waals surface area contributed by atoms with E-state index in [1.165, 1.54) is 12.1 Å². The van der Waals surface area contributed by atoms with Crippen molar-refractivity contribution in [2.24, 2.45) is 5.41 Å². The molecule has 1 rings (SSSR count). The molecule has 20 heavy (non-hydrogen) atoms. The van der Waals surface area contributed by atoms with Gasteiger partial charge >= 0.3 is 0 Å². The number of hydrogen-bond acceptors (Lipinski definition) is 2. The molecule has 0 fully saturated rings. The molecule has 0 aliphatic heterocycles. The first kappa shape index (κ1) is 18.2. The highest BCUT2D eigenvalue weighted by molar-refractivity contribution is 9.10. The smallest absolute Gasteiger partial charge is 0.208 e. The zero-order valence-corrected chi connectivity index (χ0v) is 15.5. The molecule has 7 heteroatoms. The number of sulfonamides is 1. The van der Waals surface area contributed by atoms with Gasteiger partial charge in [0.05, 0.1) is 9.92 Å². The molecule has 0 aliphatic rings. The summed E-state index contributed by atoms with van der Waals surface area (Å²) in [6.45, 7) is 5.93. The third kappa shape index (κ3) is 4.88. The van der Waals surface area contributed by atoms with E-state index in [1.54, 1.807) is 6.07 Å². The van der Waals surface area contributed by atoms with Gasteiger partial charge in [-0.25, -0.2) is 13.1 Å². The Balaban J connectivity index is 3.06. The predicted molar refractivity (Wildman–Crippen MR) is 88.1 cm³/mol. The third-order valence-electron chi connectivity index (χ3n) is 2.94. The summed E-state index contributed by atoms with van der Waals surface area (Å²) in [5, 5.41) is 0.470. The SMILES string of the molecule is CC(C)(C)C(CCCl)NS(=O)(=O)c1ccc(Cl)c(Br)c1. The molecule has 0 heterocycles. The van der Waals surface area contributed by atoms with E-state index in [2.05, 4.69) is 20.7 Å². The van der Waals surface area contributed by atoms with Crippen molar-refractivity contribution in [3.63, 3.8) is 0 Å². The summed E-state index contributed by atoms with van der Waals surface area (Å²) in [6.07, 6.45) is 0.568. The van der Waals surface area contributed by atoms with E-state index >= 15 is 0 Å². The van der Waals surface area contributed by atoms with Crippen molar-refractivity contribution in [2.75, 3.05) is 5.88 Å². The molecule has 1 N–H and O–H groups in total. The summed E-state index contributed by atoms with van der Waals surface area (Å²) < 4.78 is 28.1. The van der Waals surface area contributed by atoms with E-state index in [0.29, 0.717) is 21.8 Å². The van der Waals surface area contributed by atoms with Crippen LogP contribution in [0.15, 0.2) is 27.6 Å². The van der Waals surface area contributed by atoms with Crippen molar-refractivity contribution in [2.45, 2.75) is 38.1 Å². The highest BCUT2D eigenvalue weighted by atomic mass is 79.9. The minimum Gasteiger partial charge on any atom is -0.208 e. The second-order valence-electron chi connectivity index (χ2n) is 5.59. The highest BCUT2D eigenvalue weighted by Gasteiger charge is 2.29. The van der Waals surface area contributed by atoms with E-state index < -0.39 is 10.0 Å². The molecule has 3 nitrogen and oxygen atoms in total. The van der Waals surface area contributed by atoms with Gasteiger partial charge in [-0.3, -0.25) is 0 Å². The molecule has 1 atom stereocenters. The van der Waals surface area contributed by atoms with Crippen LogP contribution in [0.1, 0.15) is 27.2 Å². The first-order valence-electron chi connectivity index (χ1n) is 6.11. The minimum absolute atomic E-state index is 0.178. The Kier molecular flexibility index (Phi) is 6.35. The van der Waals surface area contributed by atoms with Crippen LogP contribution < -0.4 is 4.72 Å². The molecule has 114 valence electrons. The monoisotopic (exact) mass is 401 g/mol. The van der Waals surface area contributed by atoms with Crippen molar-refractivity contribution in [3.05, 3.63) is 27.7 Å². The summed E-state index contributed by atoms with van der Waals surface area (Å²) >= 11 is 14.9. The maximum absolute atomic E-state index is 12.4. The van der Waals surface area contributed by atoms with Crippen LogP contribution in [0, 0.1) is 5.41 Å². The lowest BCUT2D eigenvalue weighted by molar-refractivity contribution is 0.292. The molecule has 0 bridgehead atoms. The van der Waals surface area contributed by atoms with Crippen LogP contribution in [-0.2, 0) is 10.0 Å². The van der Waals surface area contributed by atoms with Crippen LogP contribution in [-0.4, -0.2) is 20.3 Å². The van der Waals surface area contributed by atoms with Gasteiger partial charge in [0.1, 0.15) is 0 Å². The molecule has 0 saturated heterocycles. The van der Waals surface area contributed by atoms with Crippen LogP contribution >= 0.6 is 39.1 Å². The summed E-state index contributed by atoms with van der Waals surface area (Å²) in [5.41, 5.74) is -0.217. The summed E-state index contributed by atoms with van der Waals surface area (Å²) in [7, 11) is -3.60. The molecule has 0 aromatic heterocycles. The lowest BCUT2D eigenvalue weighted by atomic mass is 9.86. The van der Waals surface area contributed by atoms with Crippen LogP contribution in [0.4, 0.5) is 0 Å². The van der Waals surface area contributed by atoms with Gasteiger partial charge in [-0.05, 0) is 46.0 Å². The Labute approximate surface area is 139 Å². The van der Waals surface area contributed by atoms with Crippen molar-refractivity contribution < 1.29 is 8.42 Å². The molecule has 1 unspecified atom stereocenters. The fraction of sp³-hybridized carbons (Fsp3) is 0.538. The van der Waals surface area contributed by atoms with Gasteiger partial charge in [-0.15, -0.1) is 11.6 Å². The van der Waals surface area contributed by atoms with Crippen molar-refractivity contribution in [1.29, 1.82) is 0 Å². The fourth-order valence-electron chi connectivity index (χ4n) is 1.68. The predicted octanol–water partition coefficient (Wildman–Crippen LogP) is 4.42. The van der Waals surface area contributed by atoms with Gasteiger partial charge in [-0.1, -0.05) is 32.4 Å². The number of benzene rings is 1. The average Bonchev–Trinajstić information content (AvgIpc) is 2.30. The largest absolute Gasteiger partial charge is 0.240 e. The van der Waals surface area contributed by atoms with Gasteiger partial charge < -0.3 is 0 Å². The Morgan fingerprint density at radius 3 is 2.40 bits per heavy atom. The van der Waals surface area contributed by atoms with E-state index in [9.17, 15) is 8.42 Å². The van der Waals surface area contributed by atoms with Gasteiger partial charge in [0, 0.05) is 16.4 Å². The van der Waals surface area contributed by atoms with Gasteiger partial charge in [0.2, 0.25) is 10.0 Å². The molecular formula is C13H18BrCl2NO2S. The maximum Gasteiger partial charge on any atom is 0.240 e. The second-order valence-corrected chi connectivity index (χ2v) is 8.95. The molecule has 0 spiro atoms.